The van der Waals surface area contributed by atoms with Crippen LogP contribution < -0.4 is 4.74 Å². The highest BCUT2D eigenvalue weighted by Crippen LogP contribution is 2.32. The van der Waals surface area contributed by atoms with Gasteiger partial charge in [0, 0.05) is 19.3 Å². The monoisotopic (exact) mass is 473 g/mol. The second-order valence-electron chi connectivity index (χ2n) is 9.16. The van der Waals surface area contributed by atoms with Crippen molar-refractivity contribution in [2.75, 3.05) is 19.3 Å². The molecule has 0 unspecified atom stereocenters. The van der Waals surface area contributed by atoms with Gasteiger partial charge in [0.1, 0.15) is 11.5 Å². The molecule has 2 aromatic carbocycles. The lowest BCUT2D eigenvalue weighted by Crippen LogP contribution is -2.47. The van der Waals surface area contributed by atoms with Crippen molar-refractivity contribution >= 4 is 15.7 Å². The third-order valence-electron chi connectivity index (χ3n) is 6.64. The Kier molecular flexibility index (Phi) is 8.19. The van der Waals surface area contributed by atoms with Crippen molar-refractivity contribution in [2.45, 2.75) is 62.9 Å². The molecule has 1 aliphatic heterocycles. The molecule has 180 valence electrons. The zero-order valence-corrected chi connectivity index (χ0v) is 20.6. The maximum absolute atomic E-state index is 12.8. The Labute approximate surface area is 197 Å². The molecule has 6 nitrogen and oxygen atoms in total. The van der Waals surface area contributed by atoms with Crippen molar-refractivity contribution in [2.24, 2.45) is 5.92 Å². The summed E-state index contributed by atoms with van der Waals surface area (Å²) in [5, 5.41) is 10.9. The number of nitrogens with zero attached hydrogens (tertiary/aromatic N) is 1. The molecule has 0 spiro atoms. The SMILES string of the molecule is CCC(CC)CC1(O)CCN(C(=O)Cc2ccc(Oc3ccc(S(C)(=O)=O)cc3)cc2)CC1. The predicted molar refractivity (Wildman–Crippen MR) is 129 cm³/mol. The van der Waals surface area contributed by atoms with Gasteiger partial charge in [-0.3, -0.25) is 4.79 Å². The van der Waals surface area contributed by atoms with E-state index in [1.54, 1.807) is 24.3 Å². The molecule has 0 radical (unpaired) electrons. The molecule has 0 aromatic heterocycles. The normalized spacial score (nSPS) is 16.1. The van der Waals surface area contributed by atoms with Crippen LogP contribution in [0.4, 0.5) is 0 Å². The molecule has 7 heteroatoms. The van der Waals surface area contributed by atoms with Crippen LogP contribution in [0.15, 0.2) is 53.4 Å². The first-order valence-corrected chi connectivity index (χ1v) is 13.6. The van der Waals surface area contributed by atoms with Crippen molar-refractivity contribution < 1.29 is 23.1 Å². The molecule has 1 heterocycles. The Balaban J connectivity index is 1.51. The van der Waals surface area contributed by atoms with Gasteiger partial charge in [-0.15, -0.1) is 0 Å². The molecule has 0 saturated carbocycles. The molecule has 1 N–H and O–H groups in total. The molecule has 33 heavy (non-hydrogen) atoms. The Bertz CT molecular complexity index is 1020. The summed E-state index contributed by atoms with van der Waals surface area (Å²) in [4.78, 5) is 14.9. The minimum absolute atomic E-state index is 0.0737. The smallest absolute Gasteiger partial charge is 0.226 e. The summed E-state index contributed by atoms with van der Waals surface area (Å²) in [6.07, 6.45) is 5.73. The molecule has 1 amide bonds. The van der Waals surface area contributed by atoms with Gasteiger partial charge in [-0.1, -0.05) is 38.8 Å². The van der Waals surface area contributed by atoms with E-state index in [1.807, 2.05) is 17.0 Å². The second-order valence-corrected chi connectivity index (χ2v) is 11.2. The van der Waals surface area contributed by atoms with E-state index in [0.29, 0.717) is 49.8 Å². The summed E-state index contributed by atoms with van der Waals surface area (Å²) >= 11 is 0. The highest BCUT2D eigenvalue weighted by molar-refractivity contribution is 7.90. The number of aliphatic hydroxyl groups is 1. The zero-order chi connectivity index (χ0) is 24.1. The van der Waals surface area contributed by atoms with Crippen LogP contribution in [0.2, 0.25) is 0 Å². The van der Waals surface area contributed by atoms with Gasteiger partial charge in [0.05, 0.1) is 16.9 Å². The van der Waals surface area contributed by atoms with Gasteiger partial charge < -0.3 is 14.7 Å². The summed E-state index contributed by atoms with van der Waals surface area (Å²) < 4.78 is 28.9. The summed E-state index contributed by atoms with van der Waals surface area (Å²) in [7, 11) is -3.24. The first-order valence-electron chi connectivity index (χ1n) is 11.7. The van der Waals surface area contributed by atoms with Crippen molar-refractivity contribution in [3.8, 4) is 11.5 Å². The first-order chi connectivity index (χ1) is 15.6. The van der Waals surface area contributed by atoms with Crippen LogP contribution in [0.1, 0.15) is 51.5 Å². The van der Waals surface area contributed by atoms with Gasteiger partial charge >= 0.3 is 0 Å². The number of benzene rings is 2. The maximum Gasteiger partial charge on any atom is 0.226 e. The van der Waals surface area contributed by atoms with Crippen LogP contribution >= 0.6 is 0 Å². The van der Waals surface area contributed by atoms with E-state index in [2.05, 4.69) is 13.8 Å². The molecule has 2 aromatic rings. The Morgan fingerprint density at radius 1 is 1.00 bits per heavy atom. The summed E-state index contributed by atoms with van der Waals surface area (Å²) in [6.45, 7) is 5.53. The number of amides is 1. The lowest BCUT2D eigenvalue weighted by atomic mass is 9.81. The molecule has 0 atom stereocenters. The predicted octanol–water partition coefficient (Wildman–Crippen LogP) is 4.60. The maximum atomic E-state index is 12.8. The zero-order valence-electron chi connectivity index (χ0n) is 19.8. The van der Waals surface area contributed by atoms with Gasteiger partial charge in [0.25, 0.3) is 0 Å². The summed E-state index contributed by atoms with van der Waals surface area (Å²) in [5.74, 6) is 1.77. The highest BCUT2D eigenvalue weighted by Gasteiger charge is 2.35. The molecule has 0 bridgehead atoms. The fourth-order valence-corrected chi connectivity index (χ4v) is 4.97. The summed E-state index contributed by atoms with van der Waals surface area (Å²) in [6, 6.07) is 13.6. The molecule has 3 rings (SSSR count). The van der Waals surface area contributed by atoms with E-state index in [9.17, 15) is 18.3 Å². The molecule has 1 saturated heterocycles. The molecule has 0 aliphatic carbocycles. The van der Waals surface area contributed by atoms with Gasteiger partial charge in [0.2, 0.25) is 5.91 Å². The number of piperidine rings is 1. The number of hydrogen-bond acceptors (Lipinski definition) is 5. The van der Waals surface area contributed by atoms with E-state index in [-0.39, 0.29) is 10.8 Å². The topological polar surface area (TPSA) is 83.9 Å². The minimum atomic E-state index is -3.24. The number of ether oxygens (including phenoxy) is 1. The second kappa shape index (κ2) is 10.7. The van der Waals surface area contributed by atoms with Crippen LogP contribution in [0.5, 0.6) is 11.5 Å². The lowest BCUT2D eigenvalue weighted by molar-refractivity contribution is -0.135. The Morgan fingerprint density at radius 3 is 2.00 bits per heavy atom. The van der Waals surface area contributed by atoms with Crippen molar-refractivity contribution in [1.82, 2.24) is 4.90 Å². The number of carbonyl (C=O) groups excluding carboxylic acids is 1. The quantitative estimate of drug-likeness (QED) is 0.575. The minimum Gasteiger partial charge on any atom is -0.457 e. The number of rotatable bonds is 9. The van der Waals surface area contributed by atoms with Crippen LogP contribution in [-0.4, -0.2) is 49.3 Å². The average Bonchev–Trinajstić information content (AvgIpc) is 2.79. The molecule has 1 aliphatic rings. The summed E-state index contributed by atoms with van der Waals surface area (Å²) in [5.41, 5.74) is 0.254. The Morgan fingerprint density at radius 2 is 1.52 bits per heavy atom. The largest absolute Gasteiger partial charge is 0.457 e. The fraction of sp³-hybridized carbons (Fsp3) is 0.500. The molecular formula is C26H35NO5S. The third-order valence-corrected chi connectivity index (χ3v) is 7.76. The standard InChI is InChI=1S/C26H35NO5S/c1-4-20(5-2)19-26(29)14-16-27(17-15-26)25(28)18-21-6-8-22(9-7-21)32-23-10-12-24(13-11-23)33(3,30)31/h6-13,20,29H,4-5,14-19H2,1-3H3. The fourth-order valence-electron chi connectivity index (χ4n) is 4.34. The van der Waals surface area contributed by atoms with Gasteiger partial charge in [-0.25, -0.2) is 8.42 Å². The van der Waals surface area contributed by atoms with Crippen LogP contribution in [0, 0.1) is 5.92 Å². The first kappa shape index (κ1) is 25.2. The molecule has 1 fully saturated rings. The number of carbonyl (C=O) groups is 1. The van der Waals surface area contributed by atoms with E-state index in [0.717, 1.165) is 24.8 Å². The lowest BCUT2D eigenvalue weighted by Gasteiger charge is -2.40. The molecular weight excluding hydrogens is 438 g/mol. The van der Waals surface area contributed by atoms with Gasteiger partial charge in [-0.2, -0.15) is 0 Å². The van der Waals surface area contributed by atoms with Crippen LogP contribution in [0.3, 0.4) is 0 Å². The third kappa shape index (κ3) is 7.05. The van der Waals surface area contributed by atoms with E-state index in [1.165, 1.54) is 18.4 Å². The number of hydrogen-bond donors (Lipinski definition) is 1. The van der Waals surface area contributed by atoms with Gasteiger partial charge in [-0.05, 0) is 67.1 Å². The van der Waals surface area contributed by atoms with Crippen LogP contribution in [0.25, 0.3) is 0 Å². The van der Waals surface area contributed by atoms with E-state index in [4.69, 9.17) is 4.74 Å². The van der Waals surface area contributed by atoms with Crippen molar-refractivity contribution in [3.05, 3.63) is 54.1 Å². The highest BCUT2D eigenvalue weighted by atomic mass is 32.2. The van der Waals surface area contributed by atoms with Crippen LogP contribution in [-0.2, 0) is 21.1 Å². The van der Waals surface area contributed by atoms with Crippen molar-refractivity contribution in [1.29, 1.82) is 0 Å². The van der Waals surface area contributed by atoms with E-state index < -0.39 is 15.4 Å². The number of sulfone groups is 1. The van der Waals surface area contributed by atoms with E-state index >= 15 is 0 Å². The van der Waals surface area contributed by atoms with Gasteiger partial charge in [0.15, 0.2) is 9.84 Å². The Hall–Kier alpha value is -2.38. The number of likely N-dealkylation sites (tertiary alicyclic amines) is 1. The average molecular weight is 474 g/mol. The van der Waals surface area contributed by atoms with Crippen molar-refractivity contribution in [3.63, 3.8) is 0 Å².